The Labute approximate surface area is 209 Å². The topological polar surface area (TPSA) is 94.0 Å². The van der Waals surface area contributed by atoms with Gasteiger partial charge >= 0.3 is 0 Å². The summed E-state index contributed by atoms with van der Waals surface area (Å²) in [6, 6.07) is 5.68. The minimum atomic E-state index is -3.49. The molecule has 0 amide bonds. The van der Waals surface area contributed by atoms with Crippen LogP contribution in [0.15, 0.2) is 29.3 Å². The first-order chi connectivity index (χ1) is 16.9. The van der Waals surface area contributed by atoms with Gasteiger partial charge in [-0.25, -0.2) is 4.98 Å². The van der Waals surface area contributed by atoms with Crippen LogP contribution >= 0.6 is 11.3 Å². The van der Waals surface area contributed by atoms with Crippen molar-refractivity contribution in [2.24, 2.45) is 0 Å². The van der Waals surface area contributed by atoms with E-state index in [0.29, 0.717) is 67.3 Å². The summed E-state index contributed by atoms with van der Waals surface area (Å²) in [6.07, 6.45) is 5.63. The fourth-order valence-electron chi connectivity index (χ4n) is 4.87. The predicted molar refractivity (Wildman–Crippen MR) is 136 cm³/mol. The Morgan fingerprint density at radius 3 is 2.40 bits per heavy atom. The van der Waals surface area contributed by atoms with Gasteiger partial charge in [0.15, 0.2) is 0 Å². The van der Waals surface area contributed by atoms with Gasteiger partial charge in [-0.3, -0.25) is 9.36 Å². The van der Waals surface area contributed by atoms with Crippen molar-refractivity contribution in [2.45, 2.75) is 45.2 Å². The van der Waals surface area contributed by atoms with Crippen LogP contribution in [0.25, 0.3) is 10.2 Å². The number of nitrogens with zero attached hydrogens (tertiary/aromatic N) is 4. The molecular weight excluding hydrogens is 488 g/mol. The lowest BCUT2D eigenvalue weighted by molar-refractivity contribution is 0.296. The van der Waals surface area contributed by atoms with Gasteiger partial charge in [0.2, 0.25) is 0 Å². The normalized spacial score (nSPS) is 17.4. The van der Waals surface area contributed by atoms with E-state index in [-0.39, 0.29) is 5.56 Å². The molecule has 0 N–H and O–H groups in total. The minimum absolute atomic E-state index is 0.0744. The summed E-state index contributed by atoms with van der Waals surface area (Å²) in [6.45, 7) is 2.33. The molecule has 188 valence electrons. The second-order valence-electron chi connectivity index (χ2n) is 8.95. The largest absolute Gasteiger partial charge is 0.497 e. The quantitative estimate of drug-likeness (QED) is 0.478. The first-order valence-corrected chi connectivity index (χ1v) is 14.1. The molecule has 3 aromatic rings. The van der Waals surface area contributed by atoms with E-state index < -0.39 is 10.2 Å². The number of fused-ring (bicyclic) bond motifs is 3. The molecule has 0 saturated carbocycles. The molecular formula is C24H30N4O5S2. The molecule has 0 radical (unpaired) electrons. The van der Waals surface area contributed by atoms with E-state index in [1.807, 2.05) is 18.2 Å². The molecule has 2 aliphatic rings. The standard InChI is InChI=1S/C24H30N4O5S2/c1-32-18-12-17(13-19(14-18)33-2)6-10-26-16-25-23-22(24(26)29)20-7-11-28(15-21(20)34-23)35(30,31)27-8-4-3-5-9-27/h12-14,16H,3-11,15H2,1-2H3. The maximum atomic E-state index is 13.4. The van der Waals surface area contributed by atoms with Gasteiger partial charge < -0.3 is 9.47 Å². The molecule has 0 atom stereocenters. The van der Waals surface area contributed by atoms with Gasteiger partial charge in [-0.2, -0.15) is 17.0 Å². The zero-order valence-corrected chi connectivity index (χ0v) is 21.7. The van der Waals surface area contributed by atoms with Gasteiger partial charge in [-0.1, -0.05) is 6.42 Å². The van der Waals surface area contributed by atoms with Gasteiger partial charge in [0.05, 0.1) is 25.9 Å². The molecule has 11 heteroatoms. The van der Waals surface area contributed by atoms with Crippen LogP contribution in [0.5, 0.6) is 11.5 Å². The van der Waals surface area contributed by atoms with Gasteiger partial charge in [0, 0.05) is 43.7 Å². The van der Waals surface area contributed by atoms with Crippen LogP contribution in [0.2, 0.25) is 0 Å². The lowest BCUT2D eigenvalue weighted by Gasteiger charge is -2.33. The summed E-state index contributed by atoms with van der Waals surface area (Å²) in [5, 5.41) is 0.630. The number of piperidine rings is 1. The molecule has 0 bridgehead atoms. The van der Waals surface area contributed by atoms with E-state index in [1.54, 1.807) is 33.7 Å². The van der Waals surface area contributed by atoms with E-state index in [0.717, 1.165) is 35.3 Å². The van der Waals surface area contributed by atoms with Gasteiger partial charge in [-0.05, 0) is 48.9 Å². The number of rotatable bonds is 7. The number of thiophene rings is 1. The van der Waals surface area contributed by atoms with Gasteiger partial charge in [0.1, 0.15) is 16.3 Å². The van der Waals surface area contributed by atoms with Crippen molar-refractivity contribution < 1.29 is 17.9 Å². The molecule has 9 nitrogen and oxygen atoms in total. The molecule has 1 saturated heterocycles. The third-order valence-corrected chi connectivity index (χ3v) is 9.92. The number of aryl methyl sites for hydroxylation is 2. The third kappa shape index (κ3) is 4.69. The van der Waals surface area contributed by atoms with Crippen molar-refractivity contribution in [1.82, 2.24) is 18.2 Å². The number of aromatic nitrogens is 2. The zero-order valence-electron chi connectivity index (χ0n) is 20.0. The average molecular weight is 519 g/mol. The Kier molecular flexibility index (Phi) is 6.84. The van der Waals surface area contributed by atoms with Crippen LogP contribution < -0.4 is 15.0 Å². The summed E-state index contributed by atoms with van der Waals surface area (Å²) in [4.78, 5) is 19.6. The lowest BCUT2D eigenvalue weighted by Crippen LogP contribution is -2.47. The van der Waals surface area contributed by atoms with Crippen molar-refractivity contribution in [2.75, 3.05) is 33.9 Å². The maximum absolute atomic E-state index is 13.4. The third-order valence-electron chi connectivity index (χ3n) is 6.81. The fraction of sp³-hybridized carbons (Fsp3) is 0.500. The van der Waals surface area contributed by atoms with Crippen LogP contribution in [-0.4, -0.2) is 60.4 Å². The first kappa shape index (κ1) is 24.2. The smallest absolute Gasteiger partial charge is 0.282 e. The SMILES string of the molecule is COc1cc(CCn2cnc3sc4c(c3c2=O)CCN(S(=O)(=O)N2CCCCC2)C4)cc(OC)c1. The van der Waals surface area contributed by atoms with Crippen LogP contribution in [0, 0.1) is 0 Å². The zero-order chi connectivity index (χ0) is 24.6. The number of hydrogen-bond donors (Lipinski definition) is 0. The number of ether oxygens (including phenoxy) is 2. The van der Waals surface area contributed by atoms with Gasteiger partial charge in [-0.15, -0.1) is 11.3 Å². The highest BCUT2D eigenvalue weighted by molar-refractivity contribution is 7.86. The molecule has 0 spiro atoms. The second-order valence-corrected chi connectivity index (χ2v) is 12.0. The molecule has 4 heterocycles. The Bertz CT molecular complexity index is 1370. The Balaban J connectivity index is 1.38. The van der Waals surface area contributed by atoms with E-state index in [2.05, 4.69) is 4.98 Å². The van der Waals surface area contributed by atoms with E-state index >= 15 is 0 Å². The van der Waals surface area contributed by atoms with Gasteiger partial charge in [0.25, 0.3) is 15.8 Å². The Morgan fingerprint density at radius 1 is 1.00 bits per heavy atom. The fourth-order valence-corrected chi connectivity index (χ4v) is 7.81. The first-order valence-electron chi connectivity index (χ1n) is 11.9. The van der Waals surface area contributed by atoms with Crippen molar-refractivity contribution in [3.63, 3.8) is 0 Å². The summed E-state index contributed by atoms with van der Waals surface area (Å²) >= 11 is 1.43. The predicted octanol–water partition coefficient (Wildman–Crippen LogP) is 2.81. The summed E-state index contributed by atoms with van der Waals surface area (Å²) in [5.41, 5.74) is 1.87. The van der Waals surface area contributed by atoms with Crippen LogP contribution in [-0.2, 0) is 36.1 Å². The molecule has 1 aromatic carbocycles. The Hall–Kier alpha value is -2.47. The van der Waals surface area contributed by atoms with Crippen molar-refractivity contribution in [1.29, 1.82) is 0 Å². The monoisotopic (exact) mass is 518 g/mol. The van der Waals surface area contributed by atoms with Crippen molar-refractivity contribution >= 4 is 31.8 Å². The highest BCUT2D eigenvalue weighted by atomic mass is 32.2. The molecule has 0 unspecified atom stereocenters. The van der Waals surface area contributed by atoms with Crippen LogP contribution in [0.3, 0.4) is 0 Å². The van der Waals surface area contributed by atoms with Crippen molar-refractivity contribution in [3.8, 4) is 11.5 Å². The summed E-state index contributed by atoms with van der Waals surface area (Å²) < 4.78 is 41.8. The molecule has 2 aliphatic heterocycles. The van der Waals surface area contributed by atoms with Crippen LogP contribution in [0.1, 0.15) is 35.3 Å². The van der Waals surface area contributed by atoms with E-state index in [4.69, 9.17) is 9.47 Å². The number of benzene rings is 1. The highest BCUT2D eigenvalue weighted by Gasteiger charge is 2.34. The molecule has 35 heavy (non-hydrogen) atoms. The highest BCUT2D eigenvalue weighted by Crippen LogP contribution is 2.34. The summed E-state index contributed by atoms with van der Waals surface area (Å²) in [5.74, 6) is 1.41. The van der Waals surface area contributed by atoms with E-state index in [1.165, 1.54) is 11.3 Å². The molecule has 5 rings (SSSR count). The van der Waals surface area contributed by atoms with Crippen molar-refractivity contribution in [3.05, 3.63) is 50.9 Å². The number of methoxy groups -OCH3 is 2. The van der Waals surface area contributed by atoms with Crippen LogP contribution in [0.4, 0.5) is 0 Å². The minimum Gasteiger partial charge on any atom is -0.497 e. The Morgan fingerprint density at radius 2 is 1.71 bits per heavy atom. The second kappa shape index (κ2) is 9.88. The molecule has 0 aliphatic carbocycles. The number of hydrogen-bond acceptors (Lipinski definition) is 7. The van der Waals surface area contributed by atoms with E-state index in [9.17, 15) is 13.2 Å². The average Bonchev–Trinajstić information content (AvgIpc) is 3.27. The maximum Gasteiger partial charge on any atom is 0.282 e. The summed E-state index contributed by atoms with van der Waals surface area (Å²) in [7, 11) is -0.264. The molecule has 2 aromatic heterocycles. The molecule has 1 fully saturated rings. The lowest BCUT2D eigenvalue weighted by atomic mass is 10.1.